The Morgan fingerprint density at radius 3 is 1.90 bits per heavy atom. The first kappa shape index (κ1) is 28.3. The van der Waals surface area contributed by atoms with Crippen LogP contribution >= 0.6 is 0 Å². The molecule has 178 valence electrons. The number of amides is 3. The Bertz CT molecular complexity index is 643. The van der Waals surface area contributed by atoms with Crippen molar-refractivity contribution in [2.45, 2.75) is 77.0 Å². The van der Waals surface area contributed by atoms with Gasteiger partial charge in [-0.25, -0.2) is 0 Å². The number of hydrogen-bond acceptors (Lipinski definition) is 7. The highest BCUT2D eigenvalue weighted by Gasteiger charge is 2.31. The number of unbranched alkanes of at least 4 members (excludes halogenated alkanes) is 1. The second kappa shape index (κ2) is 14.3. The van der Waals surface area contributed by atoms with E-state index in [0.29, 0.717) is 25.8 Å². The Kier molecular flexibility index (Phi) is 13.0. The SMILES string of the molecule is CCC(C)C(N)C(=O)NC(CC(=O)O)C(=O)NC(CCCCN)C(=O)NC(C)C(=O)O. The lowest BCUT2D eigenvalue weighted by atomic mass is 9.99. The Morgan fingerprint density at radius 2 is 1.42 bits per heavy atom. The molecule has 0 aliphatic carbocycles. The molecule has 0 aromatic carbocycles. The van der Waals surface area contributed by atoms with Gasteiger partial charge < -0.3 is 37.6 Å². The van der Waals surface area contributed by atoms with E-state index in [-0.39, 0.29) is 12.3 Å². The van der Waals surface area contributed by atoms with E-state index in [1.165, 1.54) is 6.92 Å². The van der Waals surface area contributed by atoms with Crippen LogP contribution in [0.5, 0.6) is 0 Å². The number of nitrogens with two attached hydrogens (primary N) is 2. The molecule has 0 aromatic heterocycles. The first-order chi connectivity index (χ1) is 14.4. The molecule has 0 aromatic rings. The molecule has 0 radical (unpaired) electrons. The maximum Gasteiger partial charge on any atom is 0.325 e. The molecule has 0 rings (SSSR count). The van der Waals surface area contributed by atoms with E-state index in [0.717, 1.165) is 0 Å². The molecule has 3 amide bonds. The van der Waals surface area contributed by atoms with Crippen LogP contribution in [0.2, 0.25) is 0 Å². The highest BCUT2D eigenvalue weighted by atomic mass is 16.4. The molecular weight excluding hydrogens is 410 g/mol. The number of carboxylic acids is 2. The molecule has 0 aliphatic rings. The van der Waals surface area contributed by atoms with Crippen LogP contribution in [-0.4, -0.2) is 70.6 Å². The monoisotopic (exact) mass is 445 g/mol. The zero-order chi connectivity index (χ0) is 24.1. The van der Waals surface area contributed by atoms with E-state index in [2.05, 4.69) is 16.0 Å². The summed E-state index contributed by atoms with van der Waals surface area (Å²) in [4.78, 5) is 59.6. The zero-order valence-corrected chi connectivity index (χ0v) is 18.2. The van der Waals surface area contributed by atoms with Crippen LogP contribution in [0.25, 0.3) is 0 Å². The van der Waals surface area contributed by atoms with E-state index in [1.54, 1.807) is 6.92 Å². The quantitative estimate of drug-likeness (QED) is 0.146. The standard InChI is InChI=1S/C19H35N5O7/c1-4-10(2)15(21)18(29)24-13(9-14(25)26)17(28)23-12(7-5-6-8-20)16(27)22-11(3)19(30)31/h10-13,15H,4-9,20-21H2,1-3H3,(H,22,27)(H,23,28)(H,24,29)(H,25,26)(H,30,31). The predicted molar refractivity (Wildman–Crippen MR) is 112 cm³/mol. The van der Waals surface area contributed by atoms with E-state index in [9.17, 15) is 24.0 Å². The third-order valence-electron chi connectivity index (χ3n) is 4.88. The highest BCUT2D eigenvalue weighted by molar-refractivity contribution is 5.95. The lowest BCUT2D eigenvalue weighted by Crippen LogP contribution is -2.57. The van der Waals surface area contributed by atoms with Gasteiger partial charge in [0.05, 0.1) is 12.5 Å². The van der Waals surface area contributed by atoms with Gasteiger partial charge >= 0.3 is 11.9 Å². The predicted octanol–water partition coefficient (Wildman–Crippen LogP) is -1.48. The van der Waals surface area contributed by atoms with Crippen LogP contribution in [0.1, 0.15) is 52.9 Å². The summed E-state index contributed by atoms with van der Waals surface area (Å²) >= 11 is 0. The molecule has 31 heavy (non-hydrogen) atoms. The lowest BCUT2D eigenvalue weighted by Gasteiger charge is -2.25. The fraction of sp³-hybridized carbons (Fsp3) is 0.737. The number of carbonyl (C=O) groups excluding carboxylic acids is 3. The van der Waals surface area contributed by atoms with Gasteiger partial charge in [-0.3, -0.25) is 24.0 Å². The van der Waals surface area contributed by atoms with Crippen molar-refractivity contribution in [1.82, 2.24) is 16.0 Å². The number of carbonyl (C=O) groups is 5. The van der Waals surface area contributed by atoms with Crippen molar-refractivity contribution in [2.75, 3.05) is 6.54 Å². The van der Waals surface area contributed by atoms with Crippen LogP contribution in [0.15, 0.2) is 0 Å². The van der Waals surface area contributed by atoms with Gasteiger partial charge in [0.2, 0.25) is 17.7 Å². The van der Waals surface area contributed by atoms with Crippen LogP contribution in [0, 0.1) is 5.92 Å². The van der Waals surface area contributed by atoms with Gasteiger partial charge in [-0.1, -0.05) is 20.3 Å². The van der Waals surface area contributed by atoms with Crippen molar-refractivity contribution in [1.29, 1.82) is 0 Å². The van der Waals surface area contributed by atoms with Crippen LogP contribution in [-0.2, 0) is 24.0 Å². The summed E-state index contributed by atoms with van der Waals surface area (Å²) in [6, 6.07) is -4.71. The lowest BCUT2D eigenvalue weighted by molar-refractivity contribution is -0.143. The average Bonchev–Trinajstić information content (AvgIpc) is 2.70. The van der Waals surface area contributed by atoms with Crippen molar-refractivity contribution in [3.63, 3.8) is 0 Å². The molecule has 0 saturated heterocycles. The summed E-state index contributed by atoms with van der Waals surface area (Å²) in [6.07, 6.45) is 1.07. The second-order valence-electron chi connectivity index (χ2n) is 7.48. The van der Waals surface area contributed by atoms with Crippen LogP contribution in [0.3, 0.4) is 0 Å². The molecule has 12 heteroatoms. The summed E-state index contributed by atoms with van der Waals surface area (Å²) in [5.74, 6) is -5.09. The largest absolute Gasteiger partial charge is 0.481 e. The van der Waals surface area contributed by atoms with Crippen LogP contribution in [0.4, 0.5) is 0 Å². The van der Waals surface area contributed by atoms with Crippen LogP contribution < -0.4 is 27.4 Å². The molecule has 0 aliphatic heterocycles. The summed E-state index contributed by atoms with van der Waals surface area (Å²) in [6.45, 7) is 5.21. The Morgan fingerprint density at radius 1 is 0.871 bits per heavy atom. The molecule has 0 bridgehead atoms. The van der Waals surface area contributed by atoms with Gasteiger partial charge in [-0.15, -0.1) is 0 Å². The normalized spacial score (nSPS) is 15.6. The topological polar surface area (TPSA) is 214 Å². The van der Waals surface area contributed by atoms with E-state index in [4.69, 9.17) is 21.7 Å². The molecule has 0 heterocycles. The second-order valence-corrected chi connectivity index (χ2v) is 7.48. The van der Waals surface area contributed by atoms with Gasteiger partial charge in [0.15, 0.2) is 0 Å². The number of hydrogen-bond donors (Lipinski definition) is 7. The average molecular weight is 446 g/mol. The van der Waals surface area contributed by atoms with Gasteiger partial charge in [-0.05, 0) is 38.6 Å². The zero-order valence-electron chi connectivity index (χ0n) is 18.2. The molecule has 12 nitrogen and oxygen atoms in total. The first-order valence-corrected chi connectivity index (χ1v) is 10.3. The molecule has 0 saturated carbocycles. The van der Waals surface area contributed by atoms with E-state index in [1.807, 2.05) is 6.92 Å². The smallest absolute Gasteiger partial charge is 0.325 e. The Hall–Kier alpha value is -2.73. The third kappa shape index (κ3) is 10.7. The molecule has 9 N–H and O–H groups in total. The summed E-state index contributed by atoms with van der Waals surface area (Å²) in [7, 11) is 0. The fourth-order valence-electron chi connectivity index (χ4n) is 2.57. The van der Waals surface area contributed by atoms with Gasteiger partial charge in [0, 0.05) is 0 Å². The Balaban J connectivity index is 5.39. The number of rotatable bonds is 15. The molecule has 0 fully saturated rings. The Labute approximate surface area is 181 Å². The van der Waals surface area contributed by atoms with E-state index < -0.39 is 60.2 Å². The molecule has 5 atom stereocenters. The molecule has 0 spiro atoms. The maximum absolute atomic E-state index is 12.7. The highest BCUT2D eigenvalue weighted by Crippen LogP contribution is 2.07. The fourth-order valence-corrected chi connectivity index (χ4v) is 2.57. The van der Waals surface area contributed by atoms with E-state index >= 15 is 0 Å². The van der Waals surface area contributed by atoms with Gasteiger partial charge in [0.1, 0.15) is 18.1 Å². The van der Waals surface area contributed by atoms with Crippen molar-refractivity contribution < 1.29 is 34.2 Å². The number of carboxylic acid groups (broad SMARTS) is 2. The maximum atomic E-state index is 12.7. The number of nitrogens with one attached hydrogen (secondary N) is 3. The number of aliphatic carboxylic acids is 2. The molecule has 5 unspecified atom stereocenters. The van der Waals surface area contributed by atoms with Crippen molar-refractivity contribution in [2.24, 2.45) is 17.4 Å². The van der Waals surface area contributed by atoms with Gasteiger partial charge in [-0.2, -0.15) is 0 Å². The van der Waals surface area contributed by atoms with Crippen molar-refractivity contribution in [3.8, 4) is 0 Å². The van der Waals surface area contributed by atoms with Gasteiger partial charge in [0.25, 0.3) is 0 Å². The summed E-state index contributed by atoms with van der Waals surface area (Å²) < 4.78 is 0. The minimum Gasteiger partial charge on any atom is -0.481 e. The minimum absolute atomic E-state index is 0.154. The molecular formula is C19H35N5O7. The van der Waals surface area contributed by atoms with Crippen molar-refractivity contribution in [3.05, 3.63) is 0 Å². The minimum atomic E-state index is -1.46. The summed E-state index contributed by atoms with van der Waals surface area (Å²) in [5, 5.41) is 25.1. The third-order valence-corrected chi connectivity index (χ3v) is 4.88. The van der Waals surface area contributed by atoms with Crippen molar-refractivity contribution >= 4 is 29.7 Å². The first-order valence-electron chi connectivity index (χ1n) is 10.3. The summed E-state index contributed by atoms with van der Waals surface area (Å²) in [5.41, 5.74) is 11.3.